The molecule has 4 atom stereocenters. The topological polar surface area (TPSA) is 34.0 Å². The molecule has 0 N–H and O–H groups in total. The van der Waals surface area contributed by atoms with Gasteiger partial charge in [0.15, 0.2) is 8.32 Å². The van der Waals surface area contributed by atoms with Crippen LogP contribution in [0.25, 0.3) is 0 Å². The zero-order chi connectivity index (χ0) is 27.8. The minimum atomic E-state index is -1.43. The van der Waals surface area contributed by atoms with Crippen molar-refractivity contribution in [1.82, 2.24) is 0 Å². The molecule has 2 aliphatic carbocycles. The van der Waals surface area contributed by atoms with Gasteiger partial charge in [-0.25, -0.2) is 0 Å². The Hall–Kier alpha value is 0.970. The third-order valence-corrected chi connectivity index (χ3v) is 9.81. The summed E-state index contributed by atoms with van der Waals surface area (Å²) in [5.41, 5.74) is 2.58. The monoisotopic (exact) mass is 706 g/mol. The summed E-state index contributed by atoms with van der Waals surface area (Å²) < 4.78 is 6.14. The van der Waals surface area contributed by atoms with Crippen molar-refractivity contribution in [3.8, 4) is 0 Å². The number of hydrogen-bond donors (Lipinski definition) is 0. The number of aliphatic imine (C=N–C) groups is 2. The zero-order valence-corrected chi connectivity index (χ0v) is 30.4. The predicted molar refractivity (Wildman–Crippen MR) is 172 cm³/mol. The molecule has 0 aliphatic heterocycles. The van der Waals surface area contributed by atoms with Gasteiger partial charge in [-0.1, -0.05) is 66.2 Å². The van der Waals surface area contributed by atoms with Crippen LogP contribution in [-0.2, 0) is 15.3 Å². The van der Waals surface area contributed by atoms with Gasteiger partial charge in [0.2, 0.25) is 0 Å². The standard InChI is InChI=1S/C30H58N2OSi.2BrH.Ni/c1-9-24-17-15-18-25(10-2)29(24)31-23(5)28(21-13-14-22-33-34(6,7)8)32-30-26(11-3)19-16-20-27(30)12-4;;;/h24-27,29-30H,9-22H2,1-8H3;2*1H;/q;;;+2/p-2. The average Bonchev–Trinajstić information content (AvgIpc) is 2.87. The first-order valence-corrected chi connectivity index (χ1v) is 23.5. The molecular weight excluding hydrogens is 651 g/mol. The Balaban J connectivity index is 0.00000217. The Morgan fingerprint density at radius 1 is 0.757 bits per heavy atom. The number of unbranched alkanes of at least 4 members (excludes halogenated alkanes) is 1. The number of nitrogens with zero attached hydrogens (tertiary/aromatic N) is 2. The van der Waals surface area contributed by atoms with Crippen molar-refractivity contribution in [3.05, 3.63) is 0 Å². The van der Waals surface area contributed by atoms with Crippen LogP contribution in [0.15, 0.2) is 9.98 Å². The summed E-state index contributed by atoms with van der Waals surface area (Å²) in [6, 6.07) is 0.997. The molecular formula is C30H58Br2N2NiOSi. The molecule has 0 bridgehead atoms. The molecule has 0 spiro atoms. The molecule has 2 aliphatic rings. The number of hydrogen-bond acceptors (Lipinski definition) is 3. The van der Waals surface area contributed by atoms with E-state index in [4.69, 9.17) is 14.4 Å². The summed E-state index contributed by atoms with van der Waals surface area (Å²) in [5.74, 6) is 3.00. The molecule has 0 aromatic rings. The van der Waals surface area contributed by atoms with Crippen LogP contribution in [0.4, 0.5) is 0 Å². The van der Waals surface area contributed by atoms with Gasteiger partial charge in [0.25, 0.3) is 0 Å². The fourth-order valence-corrected chi connectivity index (χ4v) is 7.29. The molecule has 0 aromatic heterocycles. The Kier molecular flexibility index (Phi) is 19.4. The maximum absolute atomic E-state index is 6.14. The van der Waals surface area contributed by atoms with Gasteiger partial charge in [-0.05, 0) is 95.2 Å². The van der Waals surface area contributed by atoms with Gasteiger partial charge in [0.05, 0.1) is 23.5 Å². The van der Waals surface area contributed by atoms with Crippen LogP contribution in [0.3, 0.4) is 0 Å². The first kappa shape index (κ1) is 36.0. The van der Waals surface area contributed by atoms with Gasteiger partial charge in [0.1, 0.15) is 0 Å². The molecule has 0 heterocycles. The summed E-state index contributed by atoms with van der Waals surface area (Å²) in [6.45, 7) is 19.5. The average molecular weight is 709 g/mol. The van der Waals surface area contributed by atoms with E-state index in [0.29, 0.717) is 12.1 Å². The molecule has 37 heavy (non-hydrogen) atoms. The molecule has 3 nitrogen and oxygen atoms in total. The van der Waals surface area contributed by atoms with E-state index in [-0.39, 0.29) is 0 Å². The molecule has 0 saturated heterocycles. The Morgan fingerprint density at radius 2 is 1.16 bits per heavy atom. The normalized spacial score (nSPS) is 29.7. The first-order chi connectivity index (χ1) is 17.6. The fourth-order valence-electron chi connectivity index (χ4n) is 6.53. The Labute approximate surface area is 252 Å². The zero-order valence-electron chi connectivity index (χ0n) is 25.2. The molecule has 2 rings (SSSR count). The van der Waals surface area contributed by atoms with E-state index in [2.05, 4.69) is 82.7 Å². The van der Waals surface area contributed by atoms with Crippen LogP contribution in [0.5, 0.6) is 0 Å². The molecule has 4 unspecified atom stereocenters. The van der Waals surface area contributed by atoms with E-state index in [1.54, 1.807) is 0 Å². The van der Waals surface area contributed by atoms with Crippen molar-refractivity contribution >= 4 is 48.2 Å². The van der Waals surface area contributed by atoms with Gasteiger partial charge in [-0.15, -0.1) is 0 Å². The molecule has 2 fully saturated rings. The quantitative estimate of drug-likeness (QED) is 0.107. The van der Waals surface area contributed by atoms with E-state index in [9.17, 15) is 0 Å². The second kappa shape index (κ2) is 19.9. The molecule has 2 saturated carbocycles. The van der Waals surface area contributed by atoms with Crippen LogP contribution < -0.4 is 0 Å². The summed E-state index contributed by atoms with van der Waals surface area (Å²) in [4.78, 5) is 11.1. The summed E-state index contributed by atoms with van der Waals surface area (Å²) in [5, 5.41) is 0. The van der Waals surface area contributed by atoms with Crippen LogP contribution in [0, 0.1) is 23.7 Å². The van der Waals surface area contributed by atoms with Crippen molar-refractivity contribution in [2.24, 2.45) is 33.7 Å². The Morgan fingerprint density at radius 3 is 1.54 bits per heavy atom. The van der Waals surface area contributed by atoms with Crippen molar-refractivity contribution in [3.63, 3.8) is 0 Å². The summed E-state index contributed by atoms with van der Waals surface area (Å²) in [6.07, 6.45) is 16.6. The van der Waals surface area contributed by atoms with Crippen molar-refractivity contribution in [2.45, 2.75) is 150 Å². The molecule has 0 amide bonds. The third kappa shape index (κ3) is 13.5. The molecule has 0 aromatic carbocycles. The van der Waals surface area contributed by atoms with Gasteiger partial charge in [0, 0.05) is 6.61 Å². The van der Waals surface area contributed by atoms with Crippen LogP contribution in [0.2, 0.25) is 19.6 Å². The fraction of sp³-hybridized carbons (Fsp3) is 0.933. The third-order valence-electron chi connectivity index (χ3n) is 8.74. The van der Waals surface area contributed by atoms with E-state index < -0.39 is 8.32 Å². The molecule has 222 valence electrons. The first-order valence-electron chi connectivity index (χ1n) is 15.2. The number of halogens is 2. The number of rotatable bonds is 13. The van der Waals surface area contributed by atoms with Crippen LogP contribution >= 0.6 is 28.5 Å². The van der Waals surface area contributed by atoms with Gasteiger partial charge >= 0.3 is 39.3 Å². The minimum absolute atomic E-state index is 0.498. The second-order valence-corrected chi connectivity index (χ2v) is 21.8. The van der Waals surface area contributed by atoms with Crippen molar-refractivity contribution in [1.29, 1.82) is 0 Å². The van der Waals surface area contributed by atoms with Gasteiger partial charge in [-0.3, -0.25) is 9.98 Å². The maximum atomic E-state index is 6.14. The summed E-state index contributed by atoms with van der Waals surface area (Å²) >= 11 is 6.00. The van der Waals surface area contributed by atoms with Crippen molar-refractivity contribution < 1.29 is 15.3 Å². The van der Waals surface area contributed by atoms with Gasteiger partial charge < -0.3 is 4.43 Å². The molecule has 0 radical (unpaired) electrons. The van der Waals surface area contributed by atoms with E-state index in [1.165, 1.54) is 86.5 Å². The van der Waals surface area contributed by atoms with Crippen LogP contribution in [0.1, 0.15) is 118 Å². The Bertz CT molecular complexity index is 646. The molecule has 7 heteroatoms. The van der Waals surface area contributed by atoms with Gasteiger partial charge in [-0.2, -0.15) is 0 Å². The second-order valence-electron chi connectivity index (χ2n) is 12.3. The predicted octanol–water partition coefficient (Wildman–Crippen LogP) is 10.8. The van der Waals surface area contributed by atoms with Crippen molar-refractivity contribution in [2.75, 3.05) is 6.61 Å². The van der Waals surface area contributed by atoms with E-state index in [0.717, 1.165) is 49.5 Å². The van der Waals surface area contributed by atoms with E-state index in [1.807, 2.05) is 0 Å². The van der Waals surface area contributed by atoms with Crippen LogP contribution in [-0.4, -0.2) is 38.4 Å². The van der Waals surface area contributed by atoms with E-state index >= 15 is 0 Å². The SMILES string of the molecule is CCC1CCCC(CC)C1N=C(C)C(CCCCO[Si](C)(C)C)=NC1C(CC)CCCC1CC.[Br][Ni][Br]. The summed E-state index contributed by atoms with van der Waals surface area (Å²) in [7, 11) is -0.177.